The van der Waals surface area contributed by atoms with E-state index in [1.165, 1.54) is 6.42 Å². The van der Waals surface area contributed by atoms with Gasteiger partial charge in [-0.3, -0.25) is 0 Å². The zero-order chi connectivity index (χ0) is 10.7. The minimum atomic E-state index is -0.203. The van der Waals surface area contributed by atoms with Crippen LogP contribution in [0.4, 0.5) is 5.69 Å². The molecular formula is C12H16BrNO. The van der Waals surface area contributed by atoms with Gasteiger partial charge in [0.1, 0.15) is 0 Å². The Hall–Kier alpha value is -0.540. The lowest BCUT2D eigenvalue weighted by Gasteiger charge is -2.29. The third-order valence-corrected chi connectivity index (χ3v) is 3.64. The fourth-order valence-corrected chi connectivity index (χ4v) is 2.46. The molecule has 1 aromatic rings. The number of hydrogen-bond acceptors (Lipinski definition) is 2. The Bertz CT molecular complexity index is 329. The van der Waals surface area contributed by atoms with Crippen molar-refractivity contribution in [3.63, 3.8) is 0 Å². The molecule has 15 heavy (non-hydrogen) atoms. The number of aliphatic hydroxyl groups is 1. The smallest absolute Gasteiger partial charge is 0.0741 e. The average Bonchev–Trinajstić information content (AvgIpc) is 2.24. The minimum absolute atomic E-state index is 0.203. The summed E-state index contributed by atoms with van der Waals surface area (Å²) in [5, 5.41) is 13.2. The third-order valence-electron chi connectivity index (χ3n) is 2.94. The van der Waals surface area contributed by atoms with E-state index in [1.54, 1.807) is 0 Å². The number of benzene rings is 1. The molecule has 1 saturated carbocycles. The lowest BCUT2D eigenvalue weighted by atomic mass is 9.92. The highest BCUT2D eigenvalue weighted by Gasteiger charge is 2.22. The van der Waals surface area contributed by atoms with Crippen LogP contribution in [0.1, 0.15) is 25.7 Å². The lowest BCUT2D eigenvalue weighted by molar-refractivity contribution is 0.116. The first kappa shape index (κ1) is 11.0. The maximum absolute atomic E-state index is 9.84. The van der Waals surface area contributed by atoms with Gasteiger partial charge < -0.3 is 10.4 Å². The van der Waals surface area contributed by atoms with E-state index in [1.807, 2.05) is 24.3 Å². The molecule has 0 bridgehead atoms. The summed E-state index contributed by atoms with van der Waals surface area (Å²) in [6.07, 6.45) is 4.13. The first-order valence-corrected chi connectivity index (χ1v) is 6.26. The van der Waals surface area contributed by atoms with Crippen LogP contribution < -0.4 is 5.32 Å². The fraction of sp³-hybridized carbons (Fsp3) is 0.500. The third kappa shape index (κ3) is 2.73. The van der Waals surface area contributed by atoms with Crippen molar-refractivity contribution in [3.05, 3.63) is 28.7 Å². The summed E-state index contributed by atoms with van der Waals surface area (Å²) < 4.78 is 1.06. The van der Waals surface area contributed by atoms with Gasteiger partial charge in [0.2, 0.25) is 0 Å². The largest absolute Gasteiger partial charge is 0.391 e. The molecule has 1 aliphatic rings. The van der Waals surface area contributed by atoms with Gasteiger partial charge in [0.25, 0.3) is 0 Å². The van der Waals surface area contributed by atoms with Crippen LogP contribution >= 0.6 is 15.9 Å². The number of rotatable bonds is 2. The van der Waals surface area contributed by atoms with Gasteiger partial charge >= 0.3 is 0 Å². The predicted octanol–water partition coefficient (Wildman–Crippen LogP) is 3.16. The van der Waals surface area contributed by atoms with Gasteiger partial charge in [-0.05, 0) is 40.9 Å². The summed E-state index contributed by atoms with van der Waals surface area (Å²) in [7, 11) is 0. The monoisotopic (exact) mass is 269 g/mol. The van der Waals surface area contributed by atoms with Crippen molar-refractivity contribution in [2.75, 3.05) is 5.32 Å². The first-order valence-electron chi connectivity index (χ1n) is 5.46. The Labute approximate surface area is 98.8 Å². The normalized spacial score (nSPS) is 26.3. The number of halogens is 1. The van der Waals surface area contributed by atoms with Gasteiger partial charge in [-0.1, -0.05) is 25.0 Å². The van der Waals surface area contributed by atoms with Gasteiger partial charge in [-0.25, -0.2) is 0 Å². The molecule has 1 aliphatic carbocycles. The molecular weight excluding hydrogens is 254 g/mol. The molecule has 0 amide bonds. The molecule has 3 heteroatoms. The van der Waals surface area contributed by atoms with E-state index in [4.69, 9.17) is 0 Å². The zero-order valence-corrected chi connectivity index (χ0v) is 10.2. The summed E-state index contributed by atoms with van der Waals surface area (Å²) >= 11 is 3.50. The molecule has 1 fully saturated rings. The van der Waals surface area contributed by atoms with E-state index in [9.17, 15) is 5.11 Å². The molecule has 2 atom stereocenters. The quantitative estimate of drug-likeness (QED) is 0.865. The second-order valence-corrected chi connectivity index (χ2v) is 4.94. The second-order valence-electron chi connectivity index (χ2n) is 4.08. The summed E-state index contributed by atoms with van der Waals surface area (Å²) in [6.45, 7) is 0. The Morgan fingerprint density at radius 2 is 1.93 bits per heavy atom. The number of para-hydroxylation sites is 1. The van der Waals surface area contributed by atoms with Crippen LogP contribution in [0.15, 0.2) is 28.7 Å². The van der Waals surface area contributed by atoms with Crippen molar-refractivity contribution < 1.29 is 5.11 Å². The first-order chi connectivity index (χ1) is 7.27. The maximum atomic E-state index is 9.84. The van der Waals surface area contributed by atoms with Gasteiger partial charge in [0.05, 0.1) is 12.1 Å². The van der Waals surface area contributed by atoms with E-state index >= 15 is 0 Å². The molecule has 2 N–H and O–H groups in total. The van der Waals surface area contributed by atoms with Crippen molar-refractivity contribution in [2.24, 2.45) is 0 Å². The summed E-state index contributed by atoms with van der Waals surface area (Å²) in [5.74, 6) is 0. The van der Waals surface area contributed by atoms with Crippen LogP contribution in [-0.4, -0.2) is 17.3 Å². The van der Waals surface area contributed by atoms with E-state index in [0.29, 0.717) is 0 Å². The molecule has 0 spiro atoms. The fourth-order valence-electron chi connectivity index (χ4n) is 2.06. The molecule has 82 valence electrons. The molecule has 0 heterocycles. The van der Waals surface area contributed by atoms with Crippen molar-refractivity contribution >= 4 is 21.6 Å². The number of aliphatic hydroxyl groups excluding tert-OH is 1. The van der Waals surface area contributed by atoms with Crippen molar-refractivity contribution in [2.45, 2.75) is 37.8 Å². The molecule has 0 radical (unpaired) electrons. The number of nitrogens with one attached hydrogen (secondary N) is 1. The Balaban J connectivity index is 2.04. The topological polar surface area (TPSA) is 32.3 Å². The van der Waals surface area contributed by atoms with E-state index in [-0.39, 0.29) is 12.1 Å². The molecule has 0 aromatic heterocycles. The number of anilines is 1. The Morgan fingerprint density at radius 3 is 2.67 bits per heavy atom. The van der Waals surface area contributed by atoms with Crippen LogP contribution in [0.5, 0.6) is 0 Å². The summed E-state index contributed by atoms with van der Waals surface area (Å²) in [5.41, 5.74) is 1.07. The summed E-state index contributed by atoms with van der Waals surface area (Å²) in [4.78, 5) is 0. The van der Waals surface area contributed by atoms with Gasteiger partial charge in [-0.15, -0.1) is 0 Å². The average molecular weight is 270 g/mol. The number of hydrogen-bond donors (Lipinski definition) is 2. The van der Waals surface area contributed by atoms with Gasteiger partial charge in [0, 0.05) is 10.2 Å². The Kier molecular flexibility index (Phi) is 3.65. The van der Waals surface area contributed by atoms with E-state index < -0.39 is 0 Å². The molecule has 2 rings (SSSR count). The summed E-state index contributed by atoms with van der Waals surface area (Å²) in [6, 6.07) is 8.25. The van der Waals surface area contributed by atoms with Crippen LogP contribution in [0.3, 0.4) is 0 Å². The SMILES string of the molecule is O[C@H]1CCCC[C@H]1Nc1ccccc1Br. The zero-order valence-electron chi connectivity index (χ0n) is 8.62. The van der Waals surface area contributed by atoms with Crippen LogP contribution in [-0.2, 0) is 0 Å². The molecule has 0 saturated heterocycles. The molecule has 2 nitrogen and oxygen atoms in total. The van der Waals surface area contributed by atoms with Crippen molar-refractivity contribution in [1.29, 1.82) is 0 Å². The van der Waals surface area contributed by atoms with E-state index in [2.05, 4.69) is 21.2 Å². The van der Waals surface area contributed by atoms with Crippen LogP contribution in [0, 0.1) is 0 Å². The molecule has 1 aromatic carbocycles. The Morgan fingerprint density at radius 1 is 1.20 bits per heavy atom. The lowest BCUT2D eigenvalue weighted by Crippen LogP contribution is -2.36. The highest BCUT2D eigenvalue weighted by Crippen LogP contribution is 2.26. The van der Waals surface area contributed by atoms with Crippen LogP contribution in [0.2, 0.25) is 0 Å². The van der Waals surface area contributed by atoms with E-state index in [0.717, 1.165) is 29.4 Å². The molecule has 0 unspecified atom stereocenters. The predicted molar refractivity (Wildman–Crippen MR) is 66.0 cm³/mol. The van der Waals surface area contributed by atoms with Crippen LogP contribution in [0.25, 0.3) is 0 Å². The second kappa shape index (κ2) is 4.99. The van der Waals surface area contributed by atoms with Gasteiger partial charge in [-0.2, -0.15) is 0 Å². The highest BCUT2D eigenvalue weighted by molar-refractivity contribution is 9.10. The maximum Gasteiger partial charge on any atom is 0.0741 e. The standard InChI is InChI=1S/C12H16BrNO/c13-9-5-1-2-6-10(9)14-11-7-3-4-8-12(11)15/h1-2,5-6,11-12,14-15H,3-4,7-8H2/t11-,12+/m1/s1. The highest BCUT2D eigenvalue weighted by atomic mass is 79.9. The molecule has 0 aliphatic heterocycles. The van der Waals surface area contributed by atoms with Crippen molar-refractivity contribution in [1.82, 2.24) is 0 Å². The minimum Gasteiger partial charge on any atom is -0.391 e. The van der Waals surface area contributed by atoms with Crippen molar-refractivity contribution in [3.8, 4) is 0 Å². The van der Waals surface area contributed by atoms with Gasteiger partial charge in [0.15, 0.2) is 0 Å².